The second-order valence-corrected chi connectivity index (χ2v) is 7.62. The lowest BCUT2D eigenvalue weighted by Gasteiger charge is -2.16. The van der Waals surface area contributed by atoms with Crippen molar-refractivity contribution in [2.45, 2.75) is 25.2 Å². The van der Waals surface area contributed by atoms with E-state index in [2.05, 4.69) is 10.2 Å². The van der Waals surface area contributed by atoms with E-state index in [9.17, 15) is 18.0 Å². The molecule has 1 aliphatic heterocycles. The van der Waals surface area contributed by atoms with Gasteiger partial charge in [-0.2, -0.15) is 5.10 Å². The van der Waals surface area contributed by atoms with Crippen molar-refractivity contribution >= 4 is 5.91 Å². The molecule has 2 heterocycles. The third-order valence-electron chi connectivity index (χ3n) is 5.39. The van der Waals surface area contributed by atoms with Gasteiger partial charge in [0.2, 0.25) is 5.91 Å². The minimum atomic E-state index is -0.945. The van der Waals surface area contributed by atoms with Crippen LogP contribution in [0.4, 0.5) is 13.2 Å². The maximum atomic E-state index is 13.3. The minimum absolute atomic E-state index is 0.0243. The molecule has 1 amide bonds. The van der Waals surface area contributed by atoms with Crippen molar-refractivity contribution in [1.29, 1.82) is 0 Å². The van der Waals surface area contributed by atoms with Crippen molar-refractivity contribution in [3.05, 3.63) is 82.9 Å². The molecule has 3 aromatic rings. The number of aromatic amines is 1. The number of likely N-dealkylation sites (tertiary alicyclic amines) is 1. The molecule has 5 nitrogen and oxygen atoms in total. The molecule has 0 spiro atoms. The van der Waals surface area contributed by atoms with Gasteiger partial charge in [0.05, 0.1) is 18.7 Å². The number of nitrogens with zero attached hydrogens (tertiary/aromatic N) is 2. The molecule has 0 aliphatic carbocycles. The molecule has 1 fully saturated rings. The van der Waals surface area contributed by atoms with Crippen LogP contribution in [0.1, 0.15) is 29.3 Å². The number of H-pyrrole nitrogens is 1. The molecule has 0 bridgehead atoms. The van der Waals surface area contributed by atoms with E-state index in [1.807, 2.05) is 6.07 Å². The Morgan fingerprint density at radius 1 is 1.13 bits per heavy atom. The molecule has 8 heteroatoms. The summed E-state index contributed by atoms with van der Waals surface area (Å²) in [7, 11) is 0. The molecule has 1 unspecified atom stereocenters. The van der Waals surface area contributed by atoms with Gasteiger partial charge in [0.15, 0.2) is 11.6 Å². The highest BCUT2D eigenvalue weighted by Gasteiger charge is 2.28. The van der Waals surface area contributed by atoms with Crippen LogP contribution in [0, 0.1) is 17.5 Å². The Morgan fingerprint density at radius 2 is 2.00 bits per heavy atom. The fraction of sp³-hybridized carbons (Fsp3) is 0.304. The number of rotatable bonds is 7. The summed E-state index contributed by atoms with van der Waals surface area (Å²) in [6, 6.07) is 11.5. The van der Waals surface area contributed by atoms with Crippen molar-refractivity contribution in [1.82, 2.24) is 15.1 Å². The molecule has 1 aromatic heterocycles. The summed E-state index contributed by atoms with van der Waals surface area (Å²) in [6.07, 6.45) is 1.52. The van der Waals surface area contributed by atoms with Crippen LogP contribution in [-0.4, -0.2) is 40.7 Å². The Morgan fingerprint density at radius 3 is 2.81 bits per heavy atom. The second kappa shape index (κ2) is 9.24. The predicted molar refractivity (Wildman–Crippen MR) is 108 cm³/mol. The van der Waals surface area contributed by atoms with Gasteiger partial charge in [0.25, 0.3) is 0 Å². The number of hydrogen-bond acceptors (Lipinski definition) is 3. The van der Waals surface area contributed by atoms with Crippen LogP contribution in [-0.2, 0) is 17.6 Å². The standard InChI is InChI=1S/C23H22F3N3O2/c24-17-3-1-2-15(10-17)11-23(30)29-8-6-16(14-29)22-12-18(27-28-22)7-9-31-19-4-5-20(25)21(26)13-19/h1-5,10,12-13,16H,6-9,11,14H2,(H,27,28). The van der Waals surface area contributed by atoms with E-state index in [0.29, 0.717) is 25.1 Å². The first-order chi connectivity index (χ1) is 15.0. The molecule has 1 atom stereocenters. The summed E-state index contributed by atoms with van der Waals surface area (Å²) in [6.45, 7) is 1.50. The van der Waals surface area contributed by atoms with Crippen LogP contribution in [0.2, 0.25) is 0 Å². The van der Waals surface area contributed by atoms with Gasteiger partial charge >= 0.3 is 0 Å². The normalized spacial score (nSPS) is 16.0. The Bertz CT molecular complexity index is 1070. The van der Waals surface area contributed by atoms with E-state index in [-0.39, 0.29) is 36.4 Å². The predicted octanol–water partition coefficient (Wildman–Crippen LogP) is 4.01. The number of amides is 1. The van der Waals surface area contributed by atoms with Gasteiger partial charge in [-0.3, -0.25) is 9.89 Å². The van der Waals surface area contributed by atoms with E-state index < -0.39 is 11.6 Å². The molecule has 0 radical (unpaired) electrons. The van der Waals surface area contributed by atoms with Crippen LogP contribution in [0.25, 0.3) is 0 Å². The van der Waals surface area contributed by atoms with Gasteiger partial charge in [-0.25, -0.2) is 13.2 Å². The number of benzene rings is 2. The maximum Gasteiger partial charge on any atom is 0.227 e. The highest BCUT2D eigenvalue weighted by Crippen LogP contribution is 2.27. The Kier molecular flexibility index (Phi) is 6.25. The number of hydrogen-bond donors (Lipinski definition) is 1. The number of carbonyl (C=O) groups excluding carboxylic acids is 1. The maximum absolute atomic E-state index is 13.3. The molecule has 1 saturated heterocycles. The summed E-state index contributed by atoms with van der Waals surface area (Å²) in [5.74, 6) is -1.83. The van der Waals surface area contributed by atoms with Crippen molar-refractivity contribution in [3.8, 4) is 5.75 Å². The monoisotopic (exact) mass is 429 g/mol. The van der Waals surface area contributed by atoms with E-state index in [4.69, 9.17) is 4.74 Å². The molecular formula is C23H22F3N3O2. The van der Waals surface area contributed by atoms with Gasteiger partial charge in [-0.1, -0.05) is 12.1 Å². The van der Waals surface area contributed by atoms with Crippen LogP contribution in [0.3, 0.4) is 0 Å². The Hall–Kier alpha value is -3.29. The third-order valence-corrected chi connectivity index (χ3v) is 5.39. The number of carbonyl (C=O) groups is 1. The van der Waals surface area contributed by atoms with Gasteiger partial charge in [0.1, 0.15) is 11.6 Å². The first-order valence-corrected chi connectivity index (χ1v) is 10.1. The summed E-state index contributed by atoms with van der Waals surface area (Å²) in [4.78, 5) is 14.3. The number of halogens is 3. The Labute approximate surface area is 177 Å². The number of aromatic nitrogens is 2. The fourth-order valence-electron chi connectivity index (χ4n) is 3.72. The Balaban J connectivity index is 1.27. The first-order valence-electron chi connectivity index (χ1n) is 10.1. The molecule has 0 saturated carbocycles. The smallest absolute Gasteiger partial charge is 0.227 e. The number of nitrogens with one attached hydrogen (secondary N) is 1. The summed E-state index contributed by atoms with van der Waals surface area (Å²) >= 11 is 0. The van der Waals surface area contributed by atoms with Crippen molar-refractivity contribution in [2.75, 3.05) is 19.7 Å². The van der Waals surface area contributed by atoms with Crippen LogP contribution in [0.5, 0.6) is 5.75 Å². The van der Waals surface area contributed by atoms with Gasteiger partial charge in [0, 0.05) is 37.2 Å². The van der Waals surface area contributed by atoms with Gasteiger partial charge in [-0.05, 0) is 42.3 Å². The third kappa shape index (κ3) is 5.25. The van der Waals surface area contributed by atoms with Crippen LogP contribution < -0.4 is 4.74 Å². The lowest BCUT2D eigenvalue weighted by molar-refractivity contribution is -0.129. The minimum Gasteiger partial charge on any atom is -0.493 e. The zero-order valence-corrected chi connectivity index (χ0v) is 16.8. The largest absolute Gasteiger partial charge is 0.493 e. The average Bonchev–Trinajstić information content (AvgIpc) is 3.40. The van der Waals surface area contributed by atoms with E-state index in [0.717, 1.165) is 29.9 Å². The van der Waals surface area contributed by atoms with Crippen molar-refractivity contribution in [3.63, 3.8) is 0 Å². The lowest BCUT2D eigenvalue weighted by Crippen LogP contribution is -2.29. The second-order valence-electron chi connectivity index (χ2n) is 7.62. The average molecular weight is 429 g/mol. The van der Waals surface area contributed by atoms with E-state index in [1.165, 1.54) is 18.2 Å². The van der Waals surface area contributed by atoms with Gasteiger partial charge in [-0.15, -0.1) is 0 Å². The van der Waals surface area contributed by atoms with Gasteiger partial charge < -0.3 is 9.64 Å². The van der Waals surface area contributed by atoms with Crippen molar-refractivity contribution < 1.29 is 22.7 Å². The zero-order valence-electron chi connectivity index (χ0n) is 16.8. The fourth-order valence-corrected chi connectivity index (χ4v) is 3.72. The quantitative estimate of drug-likeness (QED) is 0.618. The molecule has 1 N–H and O–H groups in total. The van der Waals surface area contributed by atoms with Crippen LogP contribution >= 0.6 is 0 Å². The molecule has 4 rings (SSSR count). The summed E-state index contributed by atoms with van der Waals surface area (Å²) in [5.41, 5.74) is 2.41. The molecular weight excluding hydrogens is 407 g/mol. The summed E-state index contributed by atoms with van der Waals surface area (Å²) in [5, 5.41) is 7.33. The van der Waals surface area contributed by atoms with Crippen molar-refractivity contribution in [2.24, 2.45) is 0 Å². The number of ether oxygens (including phenoxy) is 1. The molecule has 1 aliphatic rings. The topological polar surface area (TPSA) is 58.2 Å². The first kappa shape index (κ1) is 21.0. The SMILES string of the molecule is O=C(Cc1cccc(F)c1)N1CCC(c2cc(CCOc3ccc(F)c(F)c3)[nH]n2)C1. The zero-order chi connectivity index (χ0) is 21.8. The van der Waals surface area contributed by atoms with E-state index >= 15 is 0 Å². The highest BCUT2D eigenvalue weighted by atomic mass is 19.2. The highest BCUT2D eigenvalue weighted by molar-refractivity contribution is 5.79. The molecule has 31 heavy (non-hydrogen) atoms. The van der Waals surface area contributed by atoms with E-state index in [1.54, 1.807) is 17.0 Å². The van der Waals surface area contributed by atoms with Crippen LogP contribution in [0.15, 0.2) is 48.5 Å². The molecule has 162 valence electrons. The summed E-state index contributed by atoms with van der Waals surface area (Å²) < 4.78 is 45.0. The lowest BCUT2D eigenvalue weighted by atomic mass is 10.0. The molecule has 2 aromatic carbocycles.